The summed E-state index contributed by atoms with van der Waals surface area (Å²) in [6, 6.07) is 2.72. The number of esters is 1. The van der Waals surface area contributed by atoms with Crippen molar-refractivity contribution in [1.29, 1.82) is 0 Å². The van der Waals surface area contributed by atoms with Crippen LogP contribution in [0.2, 0.25) is 0 Å². The molecule has 0 fully saturated rings. The lowest BCUT2D eigenvalue weighted by atomic mass is 9.94. The van der Waals surface area contributed by atoms with Gasteiger partial charge in [-0.05, 0) is 26.8 Å². The monoisotopic (exact) mass is 363 g/mol. The van der Waals surface area contributed by atoms with Crippen molar-refractivity contribution in [2.45, 2.75) is 26.8 Å². The zero-order valence-electron chi connectivity index (χ0n) is 15.1. The Balaban J connectivity index is 2.66. The number of carbonyl (C=O) groups is 2. The van der Waals surface area contributed by atoms with Gasteiger partial charge in [-0.1, -0.05) is 0 Å². The van der Waals surface area contributed by atoms with Gasteiger partial charge in [-0.2, -0.15) is 0 Å². The molecule has 1 heterocycles. The van der Waals surface area contributed by atoms with Crippen molar-refractivity contribution in [3.05, 3.63) is 45.1 Å². The van der Waals surface area contributed by atoms with E-state index in [0.717, 1.165) is 0 Å². The molecule has 9 nitrogen and oxygen atoms in total. The van der Waals surface area contributed by atoms with Gasteiger partial charge in [0.05, 0.1) is 29.8 Å². The Morgan fingerprint density at radius 3 is 2.62 bits per heavy atom. The third-order valence-corrected chi connectivity index (χ3v) is 4.06. The number of amides is 2. The quantitative estimate of drug-likeness (QED) is 0.472. The van der Waals surface area contributed by atoms with Crippen molar-refractivity contribution < 1.29 is 24.0 Å². The number of nitrogens with one attached hydrogen (secondary N) is 1. The predicted molar refractivity (Wildman–Crippen MR) is 92.6 cm³/mol. The van der Waals surface area contributed by atoms with Gasteiger partial charge in [0.15, 0.2) is 0 Å². The molecule has 0 saturated carbocycles. The highest BCUT2D eigenvalue weighted by Gasteiger charge is 2.37. The molecular weight excluding hydrogens is 342 g/mol. The van der Waals surface area contributed by atoms with Crippen molar-refractivity contribution in [2.75, 3.05) is 20.3 Å². The van der Waals surface area contributed by atoms with Crippen LogP contribution in [0.3, 0.4) is 0 Å². The number of hydrogen-bond acceptors (Lipinski definition) is 6. The van der Waals surface area contributed by atoms with Crippen LogP contribution in [-0.4, -0.2) is 42.1 Å². The summed E-state index contributed by atoms with van der Waals surface area (Å²) in [4.78, 5) is 36.7. The molecular formula is C17H21N3O6. The van der Waals surface area contributed by atoms with Gasteiger partial charge in [-0.15, -0.1) is 0 Å². The molecule has 0 unspecified atom stereocenters. The number of benzene rings is 1. The maximum Gasteiger partial charge on any atom is 0.338 e. The SMILES string of the molecule is CCOC(=O)C1=C(C)N(C)C(=O)N[C@@H]1c1cc([N+](=O)[O-])ccc1OCC. The average molecular weight is 363 g/mol. The first kappa shape index (κ1) is 19.2. The van der Waals surface area contributed by atoms with Crippen LogP contribution in [0.4, 0.5) is 10.5 Å². The van der Waals surface area contributed by atoms with Crippen LogP contribution >= 0.6 is 0 Å². The van der Waals surface area contributed by atoms with Crippen LogP contribution in [-0.2, 0) is 9.53 Å². The number of allylic oxidation sites excluding steroid dienone is 1. The molecule has 1 aromatic rings. The first-order valence-electron chi connectivity index (χ1n) is 8.15. The predicted octanol–water partition coefficient (Wildman–Crippen LogP) is 2.53. The van der Waals surface area contributed by atoms with E-state index >= 15 is 0 Å². The Kier molecular flexibility index (Phi) is 5.81. The fourth-order valence-electron chi connectivity index (χ4n) is 2.70. The standard InChI is InChI=1S/C17H21N3O6/c1-5-25-13-8-7-11(20(23)24)9-12(13)15-14(16(21)26-6-2)10(3)19(4)17(22)18-15/h7-9,15H,5-6H2,1-4H3,(H,18,22)/t15-/m1/s1. The molecule has 1 atom stereocenters. The first-order valence-corrected chi connectivity index (χ1v) is 8.15. The second kappa shape index (κ2) is 7.85. The summed E-state index contributed by atoms with van der Waals surface area (Å²) in [6.45, 7) is 5.55. The highest BCUT2D eigenvalue weighted by molar-refractivity contribution is 5.95. The molecule has 2 amide bonds. The van der Waals surface area contributed by atoms with Crippen LogP contribution in [0.1, 0.15) is 32.4 Å². The molecule has 1 aromatic carbocycles. The number of hydrogen-bond donors (Lipinski definition) is 1. The zero-order valence-corrected chi connectivity index (χ0v) is 15.1. The minimum atomic E-state index is -0.917. The third kappa shape index (κ3) is 3.61. The largest absolute Gasteiger partial charge is 0.493 e. The fraction of sp³-hybridized carbons (Fsp3) is 0.412. The number of nitro groups is 1. The lowest BCUT2D eigenvalue weighted by Crippen LogP contribution is -2.46. The number of nitro benzene ring substituents is 1. The Morgan fingerprint density at radius 1 is 1.35 bits per heavy atom. The maximum absolute atomic E-state index is 12.5. The van der Waals surface area contributed by atoms with Crippen LogP contribution < -0.4 is 10.1 Å². The van der Waals surface area contributed by atoms with Gasteiger partial charge in [-0.3, -0.25) is 10.1 Å². The topological polar surface area (TPSA) is 111 Å². The average Bonchev–Trinajstić information content (AvgIpc) is 2.60. The third-order valence-electron chi connectivity index (χ3n) is 4.06. The number of rotatable bonds is 6. The van der Waals surface area contributed by atoms with E-state index in [4.69, 9.17) is 9.47 Å². The summed E-state index contributed by atoms with van der Waals surface area (Å²) in [5, 5.41) is 13.9. The lowest BCUT2D eigenvalue weighted by Gasteiger charge is -2.33. The van der Waals surface area contributed by atoms with E-state index in [1.165, 1.54) is 30.1 Å². The normalized spacial score (nSPS) is 17.0. The van der Waals surface area contributed by atoms with Gasteiger partial charge in [-0.25, -0.2) is 9.59 Å². The summed E-state index contributed by atoms with van der Waals surface area (Å²) in [5.41, 5.74) is 0.768. The van der Waals surface area contributed by atoms with Crippen molar-refractivity contribution in [1.82, 2.24) is 10.2 Å². The van der Waals surface area contributed by atoms with Crippen molar-refractivity contribution in [3.63, 3.8) is 0 Å². The second-order valence-electron chi connectivity index (χ2n) is 5.57. The van der Waals surface area contributed by atoms with Gasteiger partial charge < -0.3 is 19.7 Å². The van der Waals surface area contributed by atoms with Gasteiger partial charge in [0.25, 0.3) is 5.69 Å². The fourth-order valence-corrected chi connectivity index (χ4v) is 2.70. The molecule has 9 heteroatoms. The van der Waals surface area contributed by atoms with E-state index in [1.807, 2.05) is 0 Å². The summed E-state index contributed by atoms with van der Waals surface area (Å²) in [6.07, 6.45) is 0. The molecule has 0 radical (unpaired) electrons. The summed E-state index contributed by atoms with van der Waals surface area (Å²) < 4.78 is 10.7. The number of carbonyl (C=O) groups excluding carboxylic acids is 2. The molecule has 0 bridgehead atoms. The Bertz CT molecular complexity index is 774. The Morgan fingerprint density at radius 2 is 2.04 bits per heavy atom. The molecule has 1 N–H and O–H groups in total. The summed E-state index contributed by atoms with van der Waals surface area (Å²) >= 11 is 0. The molecule has 0 saturated heterocycles. The number of ether oxygens (including phenoxy) is 2. The Labute approximate surface area is 150 Å². The minimum absolute atomic E-state index is 0.160. The molecule has 2 rings (SSSR count). The molecule has 0 aliphatic carbocycles. The lowest BCUT2D eigenvalue weighted by molar-refractivity contribution is -0.385. The van der Waals surface area contributed by atoms with E-state index in [2.05, 4.69) is 5.32 Å². The highest BCUT2D eigenvalue weighted by Crippen LogP contribution is 2.37. The minimum Gasteiger partial charge on any atom is -0.493 e. The zero-order chi connectivity index (χ0) is 19.4. The van der Waals surface area contributed by atoms with Crippen LogP contribution in [0, 0.1) is 10.1 Å². The van der Waals surface area contributed by atoms with E-state index in [9.17, 15) is 19.7 Å². The molecule has 0 aromatic heterocycles. The van der Waals surface area contributed by atoms with Gasteiger partial charge >= 0.3 is 12.0 Å². The highest BCUT2D eigenvalue weighted by atomic mass is 16.6. The molecule has 26 heavy (non-hydrogen) atoms. The van der Waals surface area contributed by atoms with E-state index < -0.39 is 23.0 Å². The van der Waals surface area contributed by atoms with Gasteiger partial charge in [0, 0.05) is 30.4 Å². The molecule has 1 aliphatic heterocycles. The smallest absolute Gasteiger partial charge is 0.338 e. The van der Waals surface area contributed by atoms with E-state index in [0.29, 0.717) is 23.6 Å². The second-order valence-corrected chi connectivity index (χ2v) is 5.57. The number of nitrogens with zero attached hydrogens (tertiary/aromatic N) is 2. The van der Waals surface area contributed by atoms with Crippen LogP contribution in [0.5, 0.6) is 5.75 Å². The van der Waals surface area contributed by atoms with Crippen LogP contribution in [0.15, 0.2) is 29.5 Å². The Hall–Kier alpha value is -3.10. The summed E-state index contributed by atoms with van der Waals surface area (Å²) in [5.74, 6) is -0.252. The van der Waals surface area contributed by atoms with Crippen LogP contribution in [0.25, 0.3) is 0 Å². The van der Waals surface area contributed by atoms with Gasteiger partial charge in [0.2, 0.25) is 0 Å². The maximum atomic E-state index is 12.5. The first-order chi connectivity index (χ1) is 12.3. The van der Waals surface area contributed by atoms with Crippen molar-refractivity contribution in [2.24, 2.45) is 0 Å². The molecule has 1 aliphatic rings. The van der Waals surface area contributed by atoms with E-state index in [-0.39, 0.29) is 17.9 Å². The van der Waals surface area contributed by atoms with Gasteiger partial charge in [0.1, 0.15) is 5.75 Å². The molecule has 0 spiro atoms. The molecule has 140 valence electrons. The van der Waals surface area contributed by atoms with Crippen molar-refractivity contribution in [3.8, 4) is 5.75 Å². The number of non-ortho nitro benzene ring substituents is 1. The van der Waals surface area contributed by atoms with E-state index in [1.54, 1.807) is 20.8 Å². The summed E-state index contributed by atoms with van der Waals surface area (Å²) in [7, 11) is 1.52. The van der Waals surface area contributed by atoms with Crippen molar-refractivity contribution >= 4 is 17.7 Å². The number of urea groups is 1.